The molecule has 0 radical (unpaired) electrons. The fourth-order valence-electron chi connectivity index (χ4n) is 7.21. The number of carbonyl (C=O) groups is 6. The second-order valence-corrected chi connectivity index (χ2v) is 17.8. The summed E-state index contributed by atoms with van der Waals surface area (Å²) in [6.07, 6.45) is 8.59. The Morgan fingerprint density at radius 3 is 2.33 bits per heavy atom. The third-order valence-corrected chi connectivity index (χ3v) is 12.6. The zero-order chi connectivity index (χ0) is 46.0. The van der Waals surface area contributed by atoms with Gasteiger partial charge in [0.1, 0.15) is 23.4 Å². The Hall–Kier alpha value is -6.32. The van der Waals surface area contributed by atoms with E-state index in [-0.39, 0.29) is 76.7 Å². The molecule has 2 aliphatic heterocycles. The molecule has 338 valence electrons. The van der Waals surface area contributed by atoms with E-state index in [1.165, 1.54) is 48.7 Å². The molecule has 4 aromatic rings. The van der Waals surface area contributed by atoms with Crippen molar-refractivity contribution in [2.24, 2.45) is 5.73 Å². The first kappa shape index (κ1) is 47.2. The fraction of sp³-hybridized carbons (Fsp3) is 0.349. The van der Waals surface area contributed by atoms with Crippen LogP contribution in [-0.4, -0.2) is 84.5 Å². The lowest BCUT2D eigenvalue weighted by Crippen LogP contribution is -2.54. The summed E-state index contributed by atoms with van der Waals surface area (Å²) in [6, 6.07) is 12.0. The number of nitrogens with two attached hydrogens (primary N) is 1. The molecule has 3 heterocycles. The minimum absolute atomic E-state index is 0.00433. The number of anilines is 4. The van der Waals surface area contributed by atoms with Crippen LogP contribution in [0.5, 0.6) is 5.75 Å². The third kappa shape index (κ3) is 11.6. The van der Waals surface area contributed by atoms with Crippen molar-refractivity contribution in [2.75, 3.05) is 30.3 Å². The van der Waals surface area contributed by atoms with Crippen LogP contribution in [0.15, 0.2) is 70.2 Å². The smallest absolute Gasteiger partial charge is 0.266 e. The van der Waals surface area contributed by atoms with E-state index < -0.39 is 51.4 Å². The minimum atomic E-state index is -3.76. The van der Waals surface area contributed by atoms with Crippen molar-refractivity contribution >= 4 is 84.5 Å². The number of piperidine rings is 1. The van der Waals surface area contributed by atoms with Crippen LogP contribution in [0.1, 0.15) is 101 Å². The van der Waals surface area contributed by atoms with E-state index in [0.29, 0.717) is 28.7 Å². The molecule has 1 saturated heterocycles. The molecule has 21 heteroatoms. The van der Waals surface area contributed by atoms with E-state index in [4.69, 9.17) is 10.5 Å². The summed E-state index contributed by atoms with van der Waals surface area (Å²) in [7, 11) is -3.76. The topological polar surface area (TPSA) is 261 Å². The van der Waals surface area contributed by atoms with E-state index >= 15 is 0 Å². The highest BCUT2D eigenvalue weighted by molar-refractivity contribution is 9.10. The van der Waals surface area contributed by atoms with Crippen molar-refractivity contribution < 1.29 is 46.3 Å². The highest BCUT2D eigenvalue weighted by Crippen LogP contribution is 2.34. The van der Waals surface area contributed by atoms with Crippen LogP contribution < -0.4 is 36.5 Å². The normalized spacial score (nSPS) is 14.9. The van der Waals surface area contributed by atoms with Crippen LogP contribution in [0.25, 0.3) is 0 Å². The molecular weight excluding hydrogens is 917 g/mol. The maximum absolute atomic E-state index is 14.3. The lowest BCUT2D eigenvalue weighted by Gasteiger charge is -2.27. The number of imide groups is 2. The van der Waals surface area contributed by atoms with E-state index in [0.717, 1.165) is 55.9 Å². The van der Waals surface area contributed by atoms with Crippen LogP contribution in [0.4, 0.5) is 27.5 Å². The van der Waals surface area contributed by atoms with Gasteiger partial charge in [-0.1, -0.05) is 50.7 Å². The lowest BCUT2D eigenvalue weighted by atomic mass is 10.0. The molecule has 2 aliphatic rings. The van der Waals surface area contributed by atoms with Crippen molar-refractivity contribution in [1.29, 1.82) is 0 Å². The van der Waals surface area contributed by atoms with Crippen LogP contribution in [0, 0.1) is 12.7 Å². The second kappa shape index (κ2) is 21.4. The first-order chi connectivity index (χ1) is 30.6. The molecular formula is C43H47BrFN9O9S. The van der Waals surface area contributed by atoms with Gasteiger partial charge in [0.25, 0.3) is 23.6 Å². The number of nitrogens with one attached hydrogen (secondary N) is 5. The van der Waals surface area contributed by atoms with Crippen molar-refractivity contribution in [2.45, 2.75) is 82.1 Å². The number of fused-ring (bicyclic) bond motifs is 1. The number of hydrogen-bond donors (Lipinski definition) is 6. The zero-order valence-electron chi connectivity index (χ0n) is 34.8. The number of amides is 6. The molecule has 18 nitrogen and oxygen atoms in total. The van der Waals surface area contributed by atoms with Crippen LogP contribution >= 0.6 is 15.9 Å². The van der Waals surface area contributed by atoms with Gasteiger partial charge in [0, 0.05) is 31.4 Å². The number of nitrogens with zero attached hydrogens (tertiary/aromatic N) is 3. The fourth-order valence-corrected chi connectivity index (χ4v) is 8.66. The van der Waals surface area contributed by atoms with Gasteiger partial charge in [-0.05, 0) is 90.1 Å². The predicted octanol–water partition coefficient (Wildman–Crippen LogP) is 5.27. The van der Waals surface area contributed by atoms with Crippen molar-refractivity contribution in [3.05, 3.63) is 93.3 Å². The average Bonchev–Trinajstić information content (AvgIpc) is 3.50. The van der Waals surface area contributed by atoms with Crippen molar-refractivity contribution in [3.8, 4) is 5.75 Å². The number of rotatable bonds is 22. The summed E-state index contributed by atoms with van der Waals surface area (Å²) in [5, 5.41) is 10.9. The Labute approximate surface area is 376 Å². The lowest BCUT2D eigenvalue weighted by molar-refractivity contribution is -0.136. The Morgan fingerprint density at radius 1 is 0.922 bits per heavy atom. The molecule has 1 unspecified atom stereocenters. The number of ether oxygens (including phenoxy) is 1. The number of primary amides is 1. The van der Waals surface area contributed by atoms with Crippen molar-refractivity contribution in [3.63, 3.8) is 0 Å². The van der Waals surface area contributed by atoms with Gasteiger partial charge < -0.3 is 26.4 Å². The number of halogens is 2. The van der Waals surface area contributed by atoms with Gasteiger partial charge in [-0.15, -0.1) is 0 Å². The molecule has 0 spiro atoms. The molecule has 0 aliphatic carbocycles. The summed E-state index contributed by atoms with van der Waals surface area (Å²) in [4.78, 5) is 84.0. The highest BCUT2D eigenvalue weighted by Gasteiger charge is 2.46. The number of unbranched alkanes of at least 4 members (excludes halogenated alkanes) is 7. The molecule has 3 aromatic carbocycles. The summed E-state index contributed by atoms with van der Waals surface area (Å²) >= 11 is 3.34. The summed E-state index contributed by atoms with van der Waals surface area (Å²) < 4.78 is 49.1. The Bertz CT molecular complexity index is 2580. The number of carbonyl (C=O) groups excluding carboxylic acids is 6. The second-order valence-electron chi connectivity index (χ2n) is 15.1. The van der Waals surface area contributed by atoms with Gasteiger partial charge in [0.15, 0.2) is 6.61 Å². The predicted molar refractivity (Wildman–Crippen MR) is 236 cm³/mol. The maximum Gasteiger partial charge on any atom is 0.266 e. The standard InChI is InChI=1S/C43H47BrFN9O9S/c1-25-22-26(16-17-30(25)51-43-48-23-28(44)39(53-43)50-31-14-11-13-29(45)37(31)38(46)57)64(61,62)49-21-9-7-5-3-2-4-6-8-20-47-35(56)24-63-33-15-10-12-27-36(33)42(60)54(41(27)59)32-18-19-34(55)52-40(32)58/h10-17,22-23,32,49H,2-9,18-21,24H2,1H3,(H2,46,57)(H,47,56)(H,52,55,58)(H2,48,50,51,53). The summed E-state index contributed by atoms with van der Waals surface area (Å²) in [5.41, 5.74) is 6.39. The average molecular weight is 965 g/mol. The molecule has 0 bridgehead atoms. The number of hydrogen-bond acceptors (Lipinski definition) is 13. The van der Waals surface area contributed by atoms with Gasteiger partial charge in [0.05, 0.1) is 31.7 Å². The van der Waals surface area contributed by atoms with E-state index in [2.05, 4.69) is 51.9 Å². The Balaban J connectivity index is 0.835. The molecule has 1 atom stereocenters. The van der Waals surface area contributed by atoms with Gasteiger partial charge in [0.2, 0.25) is 27.8 Å². The highest BCUT2D eigenvalue weighted by atomic mass is 79.9. The van der Waals surface area contributed by atoms with E-state index in [1.54, 1.807) is 13.0 Å². The SMILES string of the molecule is Cc1cc(S(=O)(=O)NCCCCCCCCCCNC(=O)COc2cccc3c2C(=O)N(C2CCC(=O)NC2=O)C3=O)ccc1Nc1ncc(Br)c(Nc2cccc(F)c2C(N)=O)n1. The first-order valence-electron chi connectivity index (χ1n) is 20.6. The molecule has 1 aromatic heterocycles. The largest absolute Gasteiger partial charge is 0.483 e. The number of benzene rings is 3. The molecule has 64 heavy (non-hydrogen) atoms. The zero-order valence-corrected chi connectivity index (χ0v) is 37.2. The van der Waals surface area contributed by atoms with Crippen molar-refractivity contribution in [1.82, 2.24) is 30.2 Å². The minimum Gasteiger partial charge on any atom is -0.483 e. The van der Waals surface area contributed by atoms with Crippen LogP contribution in [-0.2, 0) is 24.4 Å². The quantitative estimate of drug-likeness (QED) is 0.0434. The van der Waals surface area contributed by atoms with Crippen LogP contribution in [0.2, 0.25) is 0 Å². The molecule has 6 amide bonds. The summed E-state index contributed by atoms with van der Waals surface area (Å²) in [6.45, 7) is 2.10. The molecule has 6 rings (SSSR count). The number of sulfonamides is 1. The summed E-state index contributed by atoms with van der Waals surface area (Å²) in [5.74, 6) is -4.22. The molecule has 1 fully saturated rings. The number of aromatic nitrogens is 2. The molecule has 0 saturated carbocycles. The van der Waals surface area contributed by atoms with Crippen LogP contribution in [0.3, 0.4) is 0 Å². The van der Waals surface area contributed by atoms with Gasteiger partial charge in [-0.25, -0.2) is 22.5 Å². The monoisotopic (exact) mass is 963 g/mol. The van der Waals surface area contributed by atoms with E-state index in [9.17, 15) is 41.6 Å². The molecule has 7 N–H and O–H groups in total. The number of aryl methyl sites for hydroxylation is 1. The maximum atomic E-state index is 14.3. The Kier molecular flexibility index (Phi) is 15.7. The van der Waals surface area contributed by atoms with E-state index in [1.807, 2.05) is 0 Å². The third-order valence-electron chi connectivity index (χ3n) is 10.5. The Morgan fingerprint density at radius 2 is 1.62 bits per heavy atom. The van der Waals surface area contributed by atoms with Gasteiger partial charge >= 0.3 is 0 Å². The van der Waals surface area contributed by atoms with Gasteiger partial charge in [-0.3, -0.25) is 39.0 Å². The van der Waals surface area contributed by atoms with Gasteiger partial charge in [-0.2, -0.15) is 4.98 Å². The first-order valence-corrected chi connectivity index (χ1v) is 22.9.